The van der Waals surface area contributed by atoms with E-state index in [2.05, 4.69) is 5.10 Å². The van der Waals surface area contributed by atoms with Gasteiger partial charge < -0.3 is 4.57 Å². The predicted molar refractivity (Wildman–Crippen MR) is 97.8 cm³/mol. The molecule has 0 aliphatic carbocycles. The monoisotopic (exact) mass is 373 g/mol. The molecule has 2 aliphatic rings. The van der Waals surface area contributed by atoms with Crippen molar-refractivity contribution in [3.05, 3.63) is 36.0 Å². The van der Waals surface area contributed by atoms with E-state index < -0.39 is 27.7 Å². The quantitative estimate of drug-likeness (QED) is 0.601. The van der Waals surface area contributed by atoms with E-state index in [1.54, 1.807) is 13.1 Å². The third-order valence-corrected chi connectivity index (χ3v) is 6.89. The van der Waals surface area contributed by atoms with Crippen LogP contribution in [-0.2, 0) is 21.7 Å². The number of carbonyl (C=O) groups excluding carboxylic acids is 2. The molecule has 0 bridgehead atoms. The topological polar surface area (TPSA) is 88.8 Å². The predicted octanol–water partition coefficient (Wildman–Crippen LogP) is 1.38. The lowest BCUT2D eigenvalue weighted by Crippen LogP contribution is -2.39. The molecule has 1 aromatic heterocycles. The van der Waals surface area contributed by atoms with Crippen LogP contribution in [0.25, 0.3) is 10.9 Å². The van der Waals surface area contributed by atoms with Crippen molar-refractivity contribution >= 4 is 38.1 Å². The third kappa shape index (κ3) is 2.56. The molecule has 1 saturated heterocycles. The summed E-state index contributed by atoms with van der Waals surface area (Å²) in [5.74, 6) is -1.74. The summed E-state index contributed by atoms with van der Waals surface area (Å²) in [6.07, 6.45) is 2.09. The van der Waals surface area contributed by atoms with E-state index in [9.17, 15) is 18.0 Å². The lowest BCUT2D eigenvalue weighted by atomic mass is 9.93. The number of carbonyl (C=O) groups is 2. The number of fused-ring (bicyclic) bond motifs is 1. The van der Waals surface area contributed by atoms with Crippen LogP contribution in [0.5, 0.6) is 0 Å². The fourth-order valence-electron chi connectivity index (χ4n) is 3.81. The normalized spacial score (nSPS) is 25.1. The molecule has 1 aromatic carbocycles. The van der Waals surface area contributed by atoms with Crippen molar-refractivity contribution in [2.24, 2.45) is 18.1 Å². The van der Waals surface area contributed by atoms with Crippen LogP contribution in [0.4, 0.5) is 0 Å². The molecule has 3 heterocycles. The number of amides is 1. The van der Waals surface area contributed by atoms with Gasteiger partial charge in [0.2, 0.25) is 0 Å². The second kappa shape index (κ2) is 5.77. The summed E-state index contributed by atoms with van der Waals surface area (Å²) >= 11 is 0. The minimum Gasteiger partial charge on any atom is -0.350 e. The average molecular weight is 373 g/mol. The molecule has 8 heteroatoms. The molecule has 0 N–H and O–H groups in total. The van der Waals surface area contributed by atoms with Gasteiger partial charge in [0.1, 0.15) is 5.92 Å². The number of Topliss-reactive ketones (excluding diaryl/α,β-unsaturated/α-hetero) is 1. The number of benzene rings is 1. The van der Waals surface area contributed by atoms with Gasteiger partial charge in [0.25, 0.3) is 5.91 Å². The Morgan fingerprint density at radius 3 is 2.69 bits per heavy atom. The number of sulfone groups is 1. The van der Waals surface area contributed by atoms with Crippen molar-refractivity contribution in [2.75, 3.05) is 11.5 Å². The third-order valence-electron chi connectivity index (χ3n) is 5.13. The van der Waals surface area contributed by atoms with E-state index in [4.69, 9.17) is 0 Å². The number of hydrazone groups is 1. The largest absolute Gasteiger partial charge is 0.350 e. The molecular formula is C18H19N3O4S. The van der Waals surface area contributed by atoms with E-state index in [0.29, 0.717) is 17.7 Å². The van der Waals surface area contributed by atoms with E-state index >= 15 is 0 Å². The summed E-state index contributed by atoms with van der Waals surface area (Å²) in [5, 5.41) is 6.25. The maximum absolute atomic E-state index is 13.1. The highest BCUT2D eigenvalue weighted by atomic mass is 32.2. The van der Waals surface area contributed by atoms with Gasteiger partial charge in [0.05, 0.1) is 23.3 Å². The van der Waals surface area contributed by atoms with Crippen LogP contribution >= 0.6 is 0 Å². The molecule has 0 radical (unpaired) electrons. The molecule has 2 aromatic rings. The number of hydrogen-bond acceptors (Lipinski definition) is 5. The summed E-state index contributed by atoms with van der Waals surface area (Å²) in [4.78, 5) is 26.0. The van der Waals surface area contributed by atoms with E-state index in [1.165, 1.54) is 5.01 Å². The summed E-state index contributed by atoms with van der Waals surface area (Å²) in [6, 6.07) is 7.04. The Bertz CT molecular complexity index is 1070. The molecule has 1 amide bonds. The maximum Gasteiger partial charge on any atom is 0.259 e. The van der Waals surface area contributed by atoms with Gasteiger partial charge >= 0.3 is 0 Å². The van der Waals surface area contributed by atoms with Crippen molar-refractivity contribution < 1.29 is 18.0 Å². The van der Waals surface area contributed by atoms with E-state index in [-0.39, 0.29) is 17.3 Å². The summed E-state index contributed by atoms with van der Waals surface area (Å²) in [6.45, 7) is 1.65. The number of para-hydroxylation sites is 1. The molecule has 0 saturated carbocycles. The van der Waals surface area contributed by atoms with Gasteiger partial charge in [-0.2, -0.15) is 5.10 Å². The van der Waals surface area contributed by atoms with Gasteiger partial charge in [-0.1, -0.05) is 18.2 Å². The van der Waals surface area contributed by atoms with Crippen LogP contribution in [0.3, 0.4) is 0 Å². The average Bonchev–Trinajstić information content (AvgIpc) is 3.21. The van der Waals surface area contributed by atoms with Crippen LogP contribution in [0.1, 0.15) is 23.7 Å². The molecule has 26 heavy (non-hydrogen) atoms. The molecule has 136 valence electrons. The number of hydrogen-bond donors (Lipinski definition) is 0. The Morgan fingerprint density at radius 1 is 1.27 bits per heavy atom. The van der Waals surface area contributed by atoms with Gasteiger partial charge in [-0.3, -0.25) is 9.59 Å². The Balaban J connectivity index is 1.67. The highest BCUT2D eigenvalue weighted by Gasteiger charge is 2.45. The zero-order valence-corrected chi connectivity index (χ0v) is 15.4. The molecule has 0 unspecified atom stereocenters. The number of aryl methyl sites for hydroxylation is 1. The van der Waals surface area contributed by atoms with Crippen LogP contribution in [0.15, 0.2) is 35.6 Å². The second-order valence-electron chi connectivity index (χ2n) is 6.95. The first-order valence-corrected chi connectivity index (χ1v) is 10.3. The zero-order chi connectivity index (χ0) is 18.6. The fraction of sp³-hybridized carbons (Fsp3) is 0.389. The van der Waals surface area contributed by atoms with Gasteiger partial charge in [-0.25, -0.2) is 13.4 Å². The van der Waals surface area contributed by atoms with Gasteiger partial charge in [0, 0.05) is 29.7 Å². The number of aromatic nitrogens is 1. The maximum atomic E-state index is 13.1. The Hall–Kier alpha value is -2.48. The van der Waals surface area contributed by atoms with Gasteiger partial charge in [-0.05, 0) is 19.4 Å². The SMILES string of the molecule is CC1=NN([C@H]2CCS(=O)(=O)C2)C(=O)[C@@H]1C(=O)c1cn(C)c2ccccc12. The summed E-state index contributed by atoms with van der Waals surface area (Å²) in [7, 11) is -1.29. The zero-order valence-electron chi connectivity index (χ0n) is 14.5. The first-order chi connectivity index (χ1) is 12.3. The Morgan fingerprint density at radius 2 is 2.00 bits per heavy atom. The minimum absolute atomic E-state index is 0.0535. The highest BCUT2D eigenvalue weighted by molar-refractivity contribution is 7.91. The molecule has 4 rings (SSSR count). The van der Waals surface area contributed by atoms with Crippen molar-refractivity contribution in [1.29, 1.82) is 0 Å². The van der Waals surface area contributed by atoms with Crippen LogP contribution < -0.4 is 0 Å². The highest BCUT2D eigenvalue weighted by Crippen LogP contribution is 2.29. The summed E-state index contributed by atoms with van der Waals surface area (Å²) < 4.78 is 25.3. The molecule has 0 spiro atoms. The Labute approximate surface area is 151 Å². The number of rotatable bonds is 3. The van der Waals surface area contributed by atoms with Gasteiger partial charge in [0.15, 0.2) is 15.6 Å². The molecule has 7 nitrogen and oxygen atoms in total. The molecule has 1 fully saturated rings. The first-order valence-electron chi connectivity index (χ1n) is 8.45. The van der Waals surface area contributed by atoms with Crippen LogP contribution in [-0.4, -0.2) is 52.9 Å². The van der Waals surface area contributed by atoms with Crippen LogP contribution in [0.2, 0.25) is 0 Å². The lowest BCUT2D eigenvalue weighted by molar-refractivity contribution is -0.132. The number of ketones is 1. The standard InChI is InChI=1S/C18H19N3O4S/c1-11-16(18(23)21(19-11)12-7-8-26(24,25)10-12)17(22)14-9-20(2)15-6-4-3-5-13(14)15/h3-6,9,12,16H,7-8,10H2,1-2H3/t12-,16-/m0/s1. The van der Waals surface area contributed by atoms with E-state index in [0.717, 1.165) is 10.9 Å². The summed E-state index contributed by atoms with van der Waals surface area (Å²) in [5.41, 5.74) is 1.81. The van der Waals surface area contributed by atoms with Crippen molar-refractivity contribution in [3.63, 3.8) is 0 Å². The second-order valence-corrected chi connectivity index (χ2v) is 9.18. The van der Waals surface area contributed by atoms with E-state index in [1.807, 2.05) is 35.9 Å². The molecular weight excluding hydrogens is 354 g/mol. The number of nitrogens with zero attached hydrogens (tertiary/aromatic N) is 3. The molecule has 2 atom stereocenters. The van der Waals surface area contributed by atoms with Crippen molar-refractivity contribution in [3.8, 4) is 0 Å². The fourth-order valence-corrected chi connectivity index (χ4v) is 5.51. The Kier molecular flexibility index (Phi) is 3.76. The van der Waals surface area contributed by atoms with Crippen molar-refractivity contribution in [1.82, 2.24) is 9.58 Å². The smallest absolute Gasteiger partial charge is 0.259 e. The van der Waals surface area contributed by atoms with Crippen LogP contribution in [0, 0.1) is 5.92 Å². The van der Waals surface area contributed by atoms with Crippen molar-refractivity contribution in [2.45, 2.75) is 19.4 Å². The first kappa shape index (κ1) is 17.0. The van der Waals surface area contributed by atoms with Gasteiger partial charge in [-0.15, -0.1) is 0 Å². The minimum atomic E-state index is -3.14. The molecule has 2 aliphatic heterocycles. The lowest BCUT2D eigenvalue weighted by Gasteiger charge is -2.19.